The molecule has 0 aliphatic heterocycles. The Morgan fingerprint density at radius 3 is 2.86 bits per heavy atom. The number of aromatic carboxylic acids is 1. The fraction of sp³-hybridized carbons (Fsp3) is 0. The first-order valence-electron chi connectivity index (χ1n) is 5.78. The number of aromatic nitrogens is 3. The van der Waals surface area contributed by atoms with Gasteiger partial charge in [0, 0.05) is 17.1 Å². The predicted molar refractivity (Wildman–Crippen MR) is 81.0 cm³/mol. The van der Waals surface area contributed by atoms with Gasteiger partial charge >= 0.3 is 5.97 Å². The van der Waals surface area contributed by atoms with Gasteiger partial charge < -0.3 is 10.2 Å². The number of carboxylic acids is 1. The van der Waals surface area contributed by atoms with Gasteiger partial charge in [-0.2, -0.15) is 5.10 Å². The van der Waals surface area contributed by atoms with Crippen LogP contribution >= 0.6 is 27.3 Å². The molecule has 3 rings (SSSR count). The van der Waals surface area contributed by atoms with Crippen LogP contribution in [0.4, 0.5) is 0 Å². The normalized spacial score (nSPS) is 10.7. The van der Waals surface area contributed by atoms with Crippen LogP contribution in [0.2, 0.25) is 0 Å². The highest BCUT2D eigenvalue weighted by atomic mass is 79.9. The molecule has 0 saturated carbocycles. The number of carboxylic acid groups (broad SMARTS) is 1. The molecule has 3 aromatic rings. The van der Waals surface area contributed by atoms with E-state index in [1.165, 1.54) is 21.4 Å². The molecular formula is C13H8BrN3O3S. The third kappa shape index (κ3) is 2.67. The Morgan fingerprint density at radius 1 is 1.38 bits per heavy atom. The number of hydrogen-bond acceptors (Lipinski definition) is 5. The number of hydrogen-bond donors (Lipinski definition) is 2. The van der Waals surface area contributed by atoms with E-state index >= 15 is 0 Å². The van der Waals surface area contributed by atoms with Gasteiger partial charge in [-0.25, -0.2) is 14.5 Å². The number of nitrogens with zero attached hydrogens (tertiary/aromatic N) is 3. The Hall–Kier alpha value is -2.19. The minimum Gasteiger partial charge on any atom is -0.508 e. The van der Waals surface area contributed by atoms with Crippen molar-refractivity contribution in [1.82, 2.24) is 14.8 Å². The molecule has 1 aromatic carbocycles. The number of halogens is 1. The number of rotatable bonds is 3. The predicted octanol–water partition coefficient (Wildman–Crippen LogP) is 3.16. The summed E-state index contributed by atoms with van der Waals surface area (Å²) in [6.45, 7) is 0. The Kier molecular flexibility index (Phi) is 3.48. The van der Waals surface area contributed by atoms with Crippen molar-refractivity contribution in [3.63, 3.8) is 0 Å². The zero-order chi connectivity index (χ0) is 15.0. The fourth-order valence-corrected chi connectivity index (χ4v) is 2.99. The van der Waals surface area contributed by atoms with Crippen molar-refractivity contribution in [3.8, 4) is 22.1 Å². The van der Waals surface area contributed by atoms with Crippen LogP contribution in [0.15, 0.2) is 40.3 Å². The average Bonchev–Trinajstić information content (AvgIpc) is 3.05. The summed E-state index contributed by atoms with van der Waals surface area (Å²) in [5.41, 5.74) is 1.37. The molecule has 0 unspecified atom stereocenters. The monoisotopic (exact) mass is 365 g/mol. The first-order valence-corrected chi connectivity index (χ1v) is 7.45. The van der Waals surface area contributed by atoms with Crippen LogP contribution in [0.5, 0.6) is 5.75 Å². The Labute approximate surface area is 131 Å². The maximum absolute atomic E-state index is 10.9. The lowest BCUT2D eigenvalue weighted by molar-refractivity contribution is 0.0691. The zero-order valence-corrected chi connectivity index (χ0v) is 12.8. The number of carbonyl (C=O) groups is 1. The molecule has 6 nitrogen and oxygen atoms in total. The van der Waals surface area contributed by atoms with Crippen LogP contribution in [-0.2, 0) is 0 Å². The van der Waals surface area contributed by atoms with Crippen molar-refractivity contribution in [2.75, 3.05) is 0 Å². The molecule has 106 valence electrons. The number of phenols is 1. The zero-order valence-electron chi connectivity index (χ0n) is 10.4. The van der Waals surface area contributed by atoms with Crippen LogP contribution in [0.3, 0.4) is 0 Å². The average molecular weight is 366 g/mol. The molecule has 0 aliphatic carbocycles. The van der Waals surface area contributed by atoms with Crippen molar-refractivity contribution in [2.24, 2.45) is 0 Å². The van der Waals surface area contributed by atoms with E-state index in [2.05, 4.69) is 26.0 Å². The lowest BCUT2D eigenvalue weighted by atomic mass is 10.1. The van der Waals surface area contributed by atoms with Crippen LogP contribution in [0.1, 0.15) is 10.5 Å². The van der Waals surface area contributed by atoms with Crippen molar-refractivity contribution in [2.45, 2.75) is 0 Å². The maximum atomic E-state index is 10.9. The molecule has 0 fully saturated rings. The van der Waals surface area contributed by atoms with E-state index in [0.29, 0.717) is 10.8 Å². The van der Waals surface area contributed by atoms with E-state index in [9.17, 15) is 9.90 Å². The van der Waals surface area contributed by atoms with Gasteiger partial charge in [-0.3, -0.25) is 0 Å². The summed E-state index contributed by atoms with van der Waals surface area (Å²) >= 11 is 4.60. The van der Waals surface area contributed by atoms with Gasteiger partial charge in [0.2, 0.25) is 5.13 Å². The molecule has 0 aliphatic rings. The van der Waals surface area contributed by atoms with Crippen LogP contribution < -0.4 is 0 Å². The minimum atomic E-state index is -1.07. The lowest BCUT2D eigenvalue weighted by Gasteiger charge is -1.98. The van der Waals surface area contributed by atoms with E-state index in [-0.39, 0.29) is 11.4 Å². The molecule has 0 radical (unpaired) electrons. The highest BCUT2D eigenvalue weighted by Gasteiger charge is 2.14. The highest BCUT2D eigenvalue weighted by Crippen LogP contribution is 2.30. The molecule has 2 N–H and O–H groups in total. The number of aromatic hydroxyl groups is 1. The molecule has 21 heavy (non-hydrogen) atoms. The van der Waals surface area contributed by atoms with E-state index in [1.54, 1.807) is 24.4 Å². The molecule has 0 atom stereocenters. The molecule has 2 heterocycles. The summed E-state index contributed by atoms with van der Waals surface area (Å²) < 4.78 is 2.22. The summed E-state index contributed by atoms with van der Waals surface area (Å²) in [5.74, 6) is -0.923. The molecule has 0 saturated heterocycles. The molecule has 0 bridgehead atoms. The standard InChI is InChI=1S/C13H8BrN3O3S/c14-9-5-17(13-15-10(6-21-13)12(19)20)16-11(9)7-2-1-3-8(18)4-7/h1-6,18H,(H,19,20). The lowest BCUT2D eigenvalue weighted by Crippen LogP contribution is -1.99. The van der Waals surface area contributed by atoms with Crippen molar-refractivity contribution in [3.05, 3.63) is 46.0 Å². The molecule has 0 spiro atoms. The van der Waals surface area contributed by atoms with Crippen molar-refractivity contribution < 1.29 is 15.0 Å². The van der Waals surface area contributed by atoms with Crippen LogP contribution in [0.25, 0.3) is 16.4 Å². The smallest absolute Gasteiger partial charge is 0.355 e. The van der Waals surface area contributed by atoms with Gasteiger partial charge in [0.15, 0.2) is 5.69 Å². The van der Waals surface area contributed by atoms with Gasteiger partial charge in [0.25, 0.3) is 0 Å². The second-order valence-corrected chi connectivity index (χ2v) is 5.83. The summed E-state index contributed by atoms with van der Waals surface area (Å²) in [4.78, 5) is 14.8. The van der Waals surface area contributed by atoms with E-state index in [4.69, 9.17) is 5.11 Å². The van der Waals surface area contributed by atoms with Gasteiger partial charge in [0.05, 0.1) is 4.47 Å². The maximum Gasteiger partial charge on any atom is 0.355 e. The number of benzene rings is 1. The summed E-state index contributed by atoms with van der Waals surface area (Å²) in [5, 5.41) is 24.7. The summed E-state index contributed by atoms with van der Waals surface area (Å²) in [7, 11) is 0. The van der Waals surface area contributed by atoms with Gasteiger partial charge in [0.1, 0.15) is 11.4 Å². The SMILES string of the molecule is O=C(O)c1csc(-n2cc(Br)c(-c3cccc(O)c3)n2)n1. The van der Waals surface area contributed by atoms with E-state index in [0.717, 1.165) is 10.0 Å². The molecular weight excluding hydrogens is 358 g/mol. The third-order valence-corrected chi connectivity index (χ3v) is 4.11. The summed E-state index contributed by atoms with van der Waals surface area (Å²) in [6.07, 6.45) is 1.70. The second kappa shape index (κ2) is 5.30. The van der Waals surface area contributed by atoms with Gasteiger partial charge in [-0.15, -0.1) is 11.3 Å². The van der Waals surface area contributed by atoms with Crippen LogP contribution in [0, 0.1) is 0 Å². The quantitative estimate of drug-likeness (QED) is 0.744. The Morgan fingerprint density at radius 2 is 2.19 bits per heavy atom. The van der Waals surface area contributed by atoms with E-state index in [1.807, 2.05) is 6.07 Å². The largest absolute Gasteiger partial charge is 0.508 e. The molecule has 8 heteroatoms. The topological polar surface area (TPSA) is 88.2 Å². The van der Waals surface area contributed by atoms with Gasteiger partial charge in [-0.1, -0.05) is 12.1 Å². The number of phenolic OH excluding ortho intramolecular Hbond substituents is 1. The molecule has 0 amide bonds. The van der Waals surface area contributed by atoms with Crippen molar-refractivity contribution >= 4 is 33.2 Å². The molecule has 2 aromatic heterocycles. The number of thiazole rings is 1. The van der Waals surface area contributed by atoms with Gasteiger partial charge in [-0.05, 0) is 28.1 Å². The summed E-state index contributed by atoms with van der Waals surface area (Å²) in [6, 6.07) is 6.72. The Bertz CT molecular complexity index is 828. The van der Waals surface area contributed by atoms with Crippen molar-refractivity contribution in [1.29, 1.82) is 0 Å². The first kappa shape index (κ1) is 13.8. The first-order chi connectivity index (χ1) is 10.0. The third-order valence-electron chi connectivity index (χ3n) is 2.70. The fourth-order valence-electron chi connectivity index (χ4n) is 1.77. The highest BCUT2D eigenvalue weighted by molar-refractivity contribution is 9.10. The Balaban J connectivity index is 2.03. The van der Waals surface area contributed by atoms with Crippen LogP contribution in [-0.4, -0.2) is 30.9 Å². The second-order valence-electron chi connectivity index (χ2n) is 4.14. The minimum absolute atomic E-state index is 0.0134. The van der Waals surface area contributed by atoms with E-state index < -0.39 is 5.97 Å².